The van der Waals surface area contributed by atoms with Crippen molar-refractivity contribution in [2.75, 3.05) is 13.1 Å². The number of imide groups is 2. The Hall–Kier alpha value is -1.72. The van der Waals surface area contributed by atoms with Gasteiger partial charge in [-0.1, -0.05) is 26.7 Å². The summed E-state index contributed by atoms with van der Waals surface area (Å²) in [5, 5.41) is 0. The van der Waals surface area contributed by atoms with E-state index < -0.39 is 29.5 Å². The number of unbranched alkanes of at least 4 members (excludes halogenated alkanes) is 2. The van der Waals surface area contributed by atoms with Crippen LogP contribution in [0.2, 0.25) is 0 Å². The van der Waals surface area contributed by atoms with E-state index in [0.717, 1.165) is 22.6 Å². The minimum atomic E-state index is -1.35. The van der Waals surface area contributed by atoms with Gasteiger partial charge in [0.05, 0.1) is 0 Å². The molecule has 0 atom stereocenters. The molecule has 0 spiro atoms. The minimum Gasteiger partial charge on any atom is -0.299 e. The van der Waals surface area contributed by atoms with Crippen molar-refractivity contribution in [3.63, 3.8) is 0 Å². The molecule has 6 heteroatoms. The van der Waals surface area contributed by atoms with Gasteiger partial charge < -0.3 is 0 Å². The first kappa shape index (κ1) is 16.3. The first-order valence-corrected chi connectivity index (χ1v) is 7.12. The van der Waals surface area contributed by atoms with E-state index >= 15 is 0 Å². The maximum atomic E-state index is 12.2. The maximum Gasteiger partial charge on any atom is 0.333 e. The van der Waals surface area contributed by atoms with Crippen molar-refractivity contribution in [1.29, 1.82) is 0 Å². The summed E-state index contributed by atoms with van der Waals surface area (Å²) in [6, 6.07) is -0.584. The zero-order valence-corrected chi connectivity index (χ0v) is 12.3. The monoisotopic (exact) mass is 282 g/mol. The number of amides is 4. The molecule has 112 valence electrons. The van der Waals surface area contributed by atoms with Gasteiger partial charge >= 0.3 is 6.03 Å². The van der Waals surface area contributed by atoms with Gasteiger partial charge in [0.2, 0.25) is 0 Å². The van der Waals surface area contributed by atoms with Crippen LogP contribution in [0.1, 0.15) is 46.5 Å². The molecule has 1 saturated heterocycles. The summed E-state index contributed by atoms with van der Waals surface area (Å²) in [7, 11) is 0. The molecule has 1 aliphatic heterocycles. The van der Waals surface area contributed by atoms with Gasteiger partial charge in [0, 0.05) is 13.1 Å². The van der Waals surface area contributed by atoms with Crippen molar-refractivity contribution in [3.8, 4) is 0 Å². The summed E-state index contributed by atoms with van der Waals surface area (Å²) >= 11 is 0. The highest BCUT2D eigenvalue weighted by molar-refractivity contribution is 6.26. The standard InChI is InChI=1S/C14H22N2O4/c1-4-6-8-15-12(18)11(10(3)17)13(19)16(14(15)20)9-7-5-2/h11H,4-9H2,1-3H3. The van der Waals surface area contributed by atoms with Crippen molar-refractivity contribution in [2.24, 2.45) is 5.92 Å². The van der Waals surface area contributed by atoms with Gasteiger partial charge in [-0.05, 0) is 19.8 Å². The van der Waals surface area contributed by atoms with Crippen LogP contribution >= 0.6 is 0 Å². The van der Waals surface area contributed by atoms with Crippen molar-refractivity contribution in [3.05, 3.63) is 0 Å². The van der Waals surface area contributed by atoms with E-state index in [2.05, 4.69) is 0 Å². The van der Waals surface area contributed by atoms with Crippen molar-refractivity contribution >= 4 is 23.6 Å². The normalized spacial score (nSPS) is 17.1. The molecule has 0 aromatic rings. The van der Waals surface area contributed by atoms with Crippen LogP contribution in [0.15, 0.2) is 0 Å². The summed E-state index contributed by atoms with van der Waals surface area (Å²) in [5.41, 5.74) is 0. The zero-order valence-electron chi connectivity index (χ0n) is 12.3. The van der Waals surface area contributed by atoms with E-state index in [1.54, 1.807) is 0 Å². The molecule has 0 N–H and O–H groups in total. The third-order valence-electron chi connectivity index (χ3n) is 3.36. The number of barbiturate groups is 1. The first-order valence-electron chi connectivity index (χ1n) is 7.12. The predicted octanol–water partition coefficient (Wildman–Crippen LogP) is 1.58. The second-order valence-corrected chi connectivity index (χ2v) is 5.01. The lowest BCUT2D eigenvalue weighted by atomic mass is 9.99. The molecular formula is C14H22N2O4. The van der Waals surface area contributed by atoms with Gasteiger partial charge in [0.15, 0.2) is 11.7 Å². The van der Waals surface area contributed by atoms with E-state index in [9.17, 15) is 19.2 Å². The molecule has 0 bridgehead atoms. The Kier molecular flexibility index (Phi) is 5.85. The fraction of sp³-hybridized carbons (Fsp3) is 0.714. The topological polar surface area (TPSA) is 74.8 Å². The Bertz CT molecular complexity index is 389. The molecule has 0 aromatic heterocycles. The van der Waals surface area contributed by atoms with E-state index in [1.807, 2.05) is 13.8 Å². The minimum absolute atomic E-state index is 0.258. The highest BCUT2D eigenvalue weighted by Crippen LogP contribution is 2.20. The molecule has 1 rings (SSSR count). The van der Waals surface area contributed by atoms with Crippen LogP contribution < -0.4 is 0 Å². The number of carbonyl (C=O) groups is 4. The van der Waals surface area contributed by atoms with Gasteiger partial charge in [0.25, 0.3) is 11.8 Å². The number of Topliss-reactive ketones (excluding diaryl/α,β-unsaturated/α-hetero) is 1. The van der Waals surface area contributed by atoms with E-state index in [0.29, 0.717) is 12.8 Å². The molecule has 4 amide bonds. The van der Waals surface area contributed by atoms with Gasteiger partial charge in [-0.2, -0.15) is 0 Å². The molecule has 1 heterocycles. The summed E-state index contributed by atoms with van der Waals surface area (Å²) in [4.78, 5) is 50.2. The third kappa shape index (κ3) is 3.23. The van der Waals surface area contributed by atoms with Crippen LogP contribution in [-0.2, 0) is 14.4 Å². The Morgan fingerprint density at radius 2 is 1.35 bits per heavy atom. The summed E-state index contributed by atoms with van der Waals surface area (Å²) < 4.78 is 0. The molecule has 20 heavy (non-hydrogen) atoms. The van der Waals surface area contributed by atoms with Crippen LogP contribution in [0.3, 0.4) is 0 Å². The molecular weight excluding hydrogens is 260 g/mol. The highest BCUT2D eigenvalue weighted by atomic mass is 16.2. The first-order chi connectivity index (χ1) is 9.45. The molecule has 1 fully saturated rings. The molecule has 0 saturated carbocycles. The number of nitrogens with zero attached hydrogens (tertiary/aromatic N) is 2. The lowest BCUT2D eigenvalue weighted by Crippen LogP contribution is -2.61. The average molecular weight is 282 g/mol. The molecule has 0 aliphatic carbocycles. The van der Waals surface area contributed by atoms with Crippen molar-refractivity contribution in [1.82, 2.24) is 9.80 Å². The Labute approximate surface area is 119 Å². The van der Waals surface area contributed by atoms with Crippen LogP contribution in [0.4, 0.5) is 4.79 Å². The zero-order chi connectivity index (χ0) is 15.3. The SMILES string of the molecule is CCCCN1C(=O)C(C(C)=O)C(=O)N(CCCC)C1=O. The number of rotatable bonds is 7. The number of urea groups is 1. The fourth-order valence-electron chi connectivity index (χ4n) is 2.14. The third-order valence-corrected chi connectivity index (χ3v) is 3.36. The summed E-state index contributed by atoms with van der Waals surface area (Å²) in [6.45, 7) is 5.62. The Morgan fingerprint density at radius 1 is 0.950 bits per heavy atom. The van der Waals surface area contributed by atoms with Gasteiger partial charge in [0.1, 0.15) is 0 Å². The lowest BCUT2D eigenvalue weighted by molar-refractivity contribution is -0.152. The molecule has 6 nitrogen and oxygen atoms in total. The largest absolute Gasteiger partial charge is 0.333 e. The molecule has 0 radical (unpaired) electrons. The lowest BCUT2D eigenvalue weighted by Gasteiger charge is -2.36. The number of carbonyl (C=O) groups excluding carboxylic acids is 4. The van der Waals surface area contributed by atoms with Gasteiger partial charge in [-0.15, -0.1) is 0 Å². The predicted molar refractivity (Wildman–Crippen MR) is 72.8 cm³/mol. The van der Waals surface area contributed by atoms with E-state index in [-0.39, 0.29) is 13.1 Å². The van der Waals surface area contributed by atoms with Crippen LogP contribution in [0, 0.1) is 5.92 Å². The van der Waals surface area contributed by atoms with Crippen molar-refractivity contribution in [2.45, 2.75) is 46.5 Å². The second kappa shape index (κ2) is 7.17. The number of hydrogen-bond acceptors (Lipinski definition) is 4. The Balaban J connectivity index is 3.01. The smallest absolute Gasteiger partial charge is 0.299 e. The molecule has 0 aromatic carbocycles. The van der Waals surface area contributed by atoms with Crippen LogP contribution in [0.25, 0.3) is 0 Å². The van der Waals surface area contributed by atoms with E-state index in [1.165, 1.54) is 6.92 Å². The van der Waals surface area contributed by atoms with Crippen LogP contribution in [0.5, 0.6) is 0 Å². The average Bonchev–Trinajstić information content (AvgIpc) is 2.38. The summed E-state index contributed by atoms with van der Waals surface area (Å²) in [5.74, 6) is -3.20. The van der Waals surface area contributed by atoms with Crippen LogP contribution in [-0.4, -0.2) is 46.5 Å². The highest BCUT2D eigenvalue weighted by Gasteiger charge is 2.47. The molecule has 1 aliphatic rings. The van der Waals surface area contributed by atoms with Gasteiger partial charge in [-0.25, -0.2) is 4.79 Å². The van der Waals surface area contributed by atoms with Gasteiger partial charge in [-0.3, -0.25) is 24.2 Å². The number of hydrogen-bond donors (Lipinski definition) is 0. The van der Waals surface area contributed by atoms with E-state index in [4.69, 9.17) is 0 Å². The second-order valence-electron chi connectivity index (χ2n) is 5.01. The quantitative estimate of drug-likeness (QED) is 0.664. The maximum absolute atomic E-state index is 12.2. The van der Waals surface area contributed by atoms with Crippen molar-refractivity contribution < 1.29 is 19.2 Å². The number of ketones is 1. The molecule has 0 unspecified atom stereocenters. The fourth-order valence-corrected chi connectivity index (χ4v) is 2.14. The Morgan fingerprint density at radius 3 is 1.65 bits per heavy atom. The summed E-state index contributed by atoms with van der Waals surface area (Å²) in [6.07, 6.45) is 2.98.